The molecule has 0 aromatic heterocycles. The van der Waals surface area contributed by atoms with Gasteiger partial charge in [0, 0.05) is 63.5 Å². The maximum absolute atomic E-state index is 13.0. The Bertz CT molecular complexity index is 824. The topological polar surface area (TPSA) is 64.2 Å². The van der Waals surface area contributed by atoms with Gasteiger partial charge in [-0.25, -0.2) is 0 Å². The summed E-state index contributed by atoms with van der Waals surface area (Å²) in [6.07, 6.45) is 2.64. The van der Waals surface area contributed by atoms with Crippen molar-refractivity contribution in [1.82, 2.24) is 14.7 Å². The zero-order valence-corrected chi connectivity index (χ0v) is 18.8. The van der Waals surface area contributed by atoms with Crippen LogP contribution in [0.5, 0.6) is 0 Å². The van der Waals surface area contributed by atoms with Gasteiger partial charge < -0.3 is 14.7 Å². The smallest absolute Gasteiger partial charge is 0.254 e. The third-order valence-electron chi connectivity index (χ3n) is 6.72. The summed E-state index contributed by atoms with van der Waals surface area (Å²) in [5.74, 6) is 1.46. The normalized spacial score (nSPS) is 25.2. The highest BCUT2D eigenvalue weighted by Crippen LogP contribution is 2.24. The first kappa shape index (κ1) is 21.8. The van der Waals surface area contributed by atoms with Crippen molar-refractivity contribution in [3.05, 3.63) is 29.8 Å². The summed E-state index contributed by atoms with van der Waals surface area (Å²) in [6, 6.07) is 7.40. The number of hydrogen-bond donors (Lipinski definition) is 0. The summed E-state index contributed by atoms with van der Waals surface area (Å²) in [6.45, 7) is 9.96. The Labute approximate surface area is 185 Å². The predicted octanol–water partition coefficient (Wildman–Crippen LogP) is 2.08. The number of hydrogen-bond acceptors (Lipinski definition) is 4. The zero-order valence-electron chi connectivity index (χ0n) is 18.8. The number of rotatable bonds is 4. The third-order valence-corrected chi connectivity index (χ3v) is 6.72. The van der Waals surface area contributed by atoms with E-state index in [9.17, 15) is 14.4 Å². The molecule has 0 aliphatic carbocycles. The quantitative estimate of drug-likeness (QED) is 0.740. The van der Waals surface area contributed by atoms with Gasteiger partial charge in [0.2, 0.25) is 11.8 Å². The lowest BCUT2D eigenvalue weighted by Crippen LogP contribution is -2.53. The lowest BCUT2D eigenvalue weighted by Gasteiger charge is -2.38. The van der Waals surface area contributed by atoms with Crippen LogP contribution in [0.4, 0.5) is 5.69 Å². The molecule has 3 aliphatic heterocycles. The summed E-state index contributed by atoms with van der Waals surface area (Å²) in [4.78, 5) is 45.6. The molecule has 2 unspecified atom stereocenters. The van der Waals surface area contributed by atoms with Gasteiger partial charge in [-0.05, 0) is 42.9 Å². The molecule has 1 aromatic rings. The molecule has 168 valence electrons. The van der Waals surface area contributed by atoms with Gasteiger partial charge in [0.05, 0.1) is 6.54 Å². The fourth-order valence-corrected chi connectivity index (χ4v) is 5.18. The number of carbonyl (C=O) groups excluding carboxylic acids is 3. The van der Waals surface area contributed by atoms with Gasteiger partial charge in [-0.15, -0.1) is 0 Å². The average molecular weight is 427 g/mol. The van der Waals surface area contributed by atoms with Crippen LogP contribution in [0.2, 0.25) is 0 Å². The number of likely N-dealkylation sites (tertiary alicyclic amines) is 1. The molecular formula is C24H34N4O3. The first-order chi connectivity index (χ1) is 14.9. The zero-order chi connectivity index (χ0) is 22.0. The Hall–Kier alpha value is -2.41. The van der Waals surface area contributed by atoms with Crippen LogP contribution in [-0.2, 0) is 9.59 Å². The van der Waals surface area contributed by atoms with Gasteiger partial charge in [0.15, 0.2) is 0 Å². The van der Waals surface area contributed by atoms with Crippen LogP contribution in [0.3, 0.4) is 0 Å². The third kappa shape index (κ3) is 5.09. The van der Waals surface area contributed by atoms with Crippen molar-refractivity contribution in [3.63, 3.8) is 0 Å². The molecule has 0 radical (unpaired) electrons. The summed E-state index contributed by atoms with van der Waals surface area (Å²) in [5.41, 5.74) is 1.43. The van der Waals surface area contributed by atoms with Crippen molar-refractivity contribution in [3.8, 4) is 0 Å². The fraction of sp³-hybridized carbons (Fsp3) is 0.625. The van der Waals surface area contributed by atoms with Crippen LogP contribution < -0.4 is 4.90 Å². The van der Waals surface area contributed by atoms with Gasteiger partial charge in [0.1, 0.15) is 0 Å². The molecule has 0 N–H and O–H groups in total. The molecule has 2 atom stereocenters. The van der Waals surface area contributed by atoms with Crippen molar-refractivity contribution in [2.24, 2.45) is 11.8 Å². The molecule has 3 fully saturated rings. The Morgan fingerprint density at radius 3 is 2.32 bits per heavy atom. The van der Waals surface area contributed by atoms with E-state index in [1.54, 1.807) is 4.90 Å². The number of nitrogens with zero attached hydrogens (tertiary/aromatic N) is 4. The van der Waals surface area contributed by atoms with Gasteiger partial charge >= 0.3 is 0 Å². The lowest BCUT2D eigenvalue weighted by atomic mass is 9.92. The van der Waals surface area contributed by atoms with Crippen LogP contribution in [0.25, 0.3) is 0 Å². The van der Waals surface area contributed by atoms with E-state index in [1.165, 1.54) is 6.42 Å². The Balaban J connectivity index is 1.30. The second kappa shape index (κ2) is 9.39. The van der Waals surface area contributed by atoms with Gasteiger partial charge in [-0.2, -0.15) is 0 Å². The van der Waals surface area contributed by atoms with Crippen molar-refractivity contribution in [2.75, 3.05) is 57.3 Å². The summed E-state index contributed by atoms with van der Waals surface area (Å²) < 4.78 is 0. The van der Waals surface area contributed by atoms with Crippen molar-refractivity contribution in [2.45, 2.75) is 33.1 Å². The van der Waals surface area contributed by atoms with Crippen molar-refractivity contribution >= 4 is 23.4 Å². The summed E-state index contributed by atoms with van der Waals surface area (Å²) in [5, 5.41) is 0. The molecule has 7 heteroatoms. The molecule has 7 nitrogen and oxygen atoms in total. The number of carbonyl (C=O) groups is 3. The molecule has 3 aliphatic rings. The first-order valence-corrected chi connectivity index (χ1v) is 11.6. The second-order valence-electron chi connectivity index (χ2n) is 9.51. The molecule has 0 saturated carbocycles. The lowest BCUT2D eigenvalue weighted by molar-refractivity contribution is -0.135. The fourth-order valence-electron chi connectivity index (χ4n) is 5.18. The van der Waals surface area contributed by atoms with E-state index >= 15 is 0 Å². The highest BCUT2D eigenvalue weighted by molar-refractivity contribution is 5.99. The Kier molecular flexibility index (Phi) is 6.60. The number of anilines is 1. The predicted molar refractivity (Wildman–Crippen MR) is 120 cm³/mol. The van der Waals surface area contributed by atoms with Gasteiger partial charge in [0.25, 0.3) is 5.91 Å². The molecule has 3 amide bonds. The molecule has 0 spiro atoms. The highest BCUT2D eigenvalue weighted by Gasteiger charge is 2.29. The molecule has 3 heterocycles. The number of piperazine rings is 1. The number of amides is 3. The van der Waals surface area contributed by atoms with Gasteiger partial charge in [-0.3, -0.25) is 19.3 Å². The summed E-state index contributed by atoms with van der Waals surface area (Å²) >= 11 is 0. The molecule has 1 aromatic carbocycles. The van der Waals surface area contributed by atoms with Crippen molar-refractivity contribution < 1.29 is 14.4 Å². The highest BCUT2D eigenvalue weighted by atomic mass is 16.2. The van der Waals surface area contributed by atoms with E-state index in [4.69, 9.17) is 0 Å². The van der Waals surface area contributed by atoms with E-state index in [0.29, 0.717) is 56.5 Å². The van der Waals surface area contributed by atoms with Crippen LogP contribution in [0.1, 0.15) is 43.5 Å². The monoisotopic (exact) mass is 426 g/mol. The molecule has 3 saturated heterocycles. The second-order valence-corrected chi connectivity index (χ2v) is 9.51. The molecule has 31 heavy (non-hydrogen) atoms. The van der Waals surface area contributed by atoms with E-state index in [1.807, 2.05) is 34.1 Å². The van der Waals surface area contributed by atoms with Crippen LogP contribution in [-0.4, -0.2) is 84.8 Å². The molecule has 0 bridgehead atoms. The maximum Gasteiger partial charge on any atom is 0.254 e. The van der Waals surface area contributed by atoms with E-state index in [2.05, 4.69) is 18.7 Å². The first-order valence-electron chi connectivity index (χ1n) is 11.6. The number of benzene rings is 1. The largest absolute Gasteiger partial charge is 0.341 e. The SMILES string of the molecule is CC1CC(C)CN(C(=O)CN2CCN(C(=O)c3cccc(N4CCCC4=O)c3)CC2)C1. The Morgan fingerprint density at radius 1 is 0.968 bits per heavy atom. The standard InChI is InChI=1S/C24H34N4O3/c1-18-13-19(2)16-27(15-18)23(30)17-25-9-11-26(12-10-25)24(31)20-5-3-6-21(14-20)28-8-4-7-22(28)29/h3,5-6,14,18-19H,4,7-13,15-17H2,1-2H3. The van der Waals surface area contributed by atoms with Crippen LogP contribution in [0, 0.1) is 11.8 Å². The van der Waals surface area contributed by atoms with E-state index in [-0.39, 0.29) is 17.7 Å². The number of piperidine rings is 1. The van der Waals surface area contributed by atoms with Crippen LogP contribution in [0.15, 0.2) is 24.3 Å². The Morgan fingerprint density at radius 2 is 1.68 bits per heavy atom. The van der Waals surface area contributed by atoms with E-state index < -0.39 is 0 Å². The maximum atomic E-state index is 13.0. The minimum atomic E-state index is -0.00171. The molecule has 4 rings (SSSR count). The molecular weight excluding hydrogens is 392 g/mol. The summed E-state index contributed by atoms with van der Waals surface area (Å²) in [7, 11) is 0. The average Bonchev–Trinajstić information content (AvgIpc) is 3.19. The minimum absolute atomic E-state index is 0.00171. The van der Waals surface area contributed by atoms with Gasteiger partial charge in [-0.1, -0.05) is 19.9 Å². The van der Waals surface area contributed by atoms with Crippen LogP contribution >= 0.6 is 0 Å². The van der Waals surface area contributed by atoms with E-state index in [0.717, 1.165) is 31.7 Å². The minimum Gasteiger partial charge on any atom is -0.341 e. The van der Waals surface area contributed by atoms with Crippen molar-refractivity contribution in [1.29, 1.82) is 0 Å².